The number of hydrogen-bond donors (Lipinski definition) is 1. The Balaban J connectivity index is 1.92. The summed E-state index contributed by atoms with van der Waals surface area (Å²) in [5.74, 6) is -1.66. The van der Waals surface area contributed by atoms with E-state index in [0.717, 1.165) is 17.1 Å². The second-order valence-corrected chi connectivity index (χ2v) is 4.90. The zero-order chi connectivity index (χ0) is 14.8. The Hall–Kier alpha value is -2.27. The van der Waals surface area contributed by atoms with Crippen LogP contribution in [0.15, 0.2) is 48.8 Å². The van der Waals surface area contributed by atoms with Crippen molar-refractivity contribution in [1.82, 2.24) is 14.9 Å². The molecule has 3 rings (SSSR count). The third-order valence-electron chi connectivity index (χ3n) is 3.60. The Labute approximate surface area is 121 Å². The molecule has 1 aromatic heterocycles. The van der Waals surface area contributed by atoms with Gasteiger partial charge in [0.05, 0.1) is 23.4 Å². The molecule has 2 aromatic carbocycles. The third kappa shape index (κ3) is 2.64. The third-order valence-corrected chi connectivity index (χ3v) is 3.60. The minimum absolute atomic E-state index is 0.127. The van der Waals surface area contributed by atoms with Crippen LogP contribution >= 0.6 is 0 Å². The van der Waals surface area contributed by atoms with Gasteiger partial charge >= 0.3 is 0 Å². The van der Waals surface area contributed by atoms with Gasteiger partial charge in [0.1, 0.15) is 0 Å². The molecule has 0 fully saturated rings. The summed E-state index contributed by atoms with van der Waals surface area (Å²) in [6, 6.07) is 11.7. The molecule has 3 nitrogen and oxygen atoms in total. The molecular formula is C16H15F2N3. The van der Waals surface area contributed by atoms with Gasteiger partial charge in [-0.25, -0.2) is 13.8 Å². The average Bonchev–Trinajstić information content (AvgIpc) is 2.91. The number of halogens is 2. The molecule has 0 aliphatic rings. The number of likely N-dealkylation sites (N-methyl/N-ethyl adjacent to an activating group) is 1. The Kier molecular flexibility index (Phi) is 3.66. The van der Waals surface area contributed by atoms with Crippen molar-refractivity contribution >= 4 is 11.0 Å². The highest BCUT2D eigenvalue weighted by Crippen LogP contribution is 2.20. The lowest BCUT2D eigenvalue weighted by atomic mass is 10.1. The van der Waals surface area contributed by atoms with Crippen LogP contribution in [0.25, 0.3) is 11.0 Å². The van der Waals surface area contributed by atoms with Gasteiger partial charge in [0.25, 0.3) is 0 Å². The second-order valence-electron chi connectivity index (χ2n) is 4.90. The number of fused-ring (bicyclic) bond motifs is 1. The van der Waals surface area contributed by atoms with E-state index in [4.69, 9.17) is 0 Å². The van der Waals surface area contributed by atoms with E-state index in [9.17, 15) is 8.78 Å². The summed E-state index contributed by atoms with van der Waals surface area (Å²) in [4.78, 5) is 4.33. The first-order chi connectivity index (χ1) is 10.2. The predicted molar refractivity (Wildman–Crippen MR) is 77.9 cm³/mol. The van der Waals surface area contributed by atoms with E-state index in [1.54, 1.807) is 19.4 Å². The molecule has 0 amide bonds. The minimum atomic E-state index is -0.832. The van der Waals surface area contributed by atoms with Gasteiger partial charge in [0.15, 0.2) is 11.6 Å². The van der Waals surface area contributed by atoms with Crippen molar-refractivity contribution in [2.75, 3.05) is 7.05 Å². The van der Waals surface area contributed by atoms with Crippen molar-refractivity contribution < 1.29 is 8.78 Å². The summed E-state index contributed by atoms with van der Waals surface area (Å²) in [6.07, 6.45) is 1.76. The summed E-state index contributed by atoms with van der Waals surface area (Å²) in [5, 5.41) is 3.13. The highest BCUT2D eigenvalue weighted by atomic mass is 19.2. The molecule has 0 radical (unpaired) electrons. The van der Waals surface area contributed by atoms with Crippen molar-refractivity contribution in [2.45, 2.75) is 12.6 Å². The molecule has 21 heavy (non-hydrogen) atoms. The molecule has 1 heterocycles. The largest absolute Gasteiger partial charge is 0.329 e. The van der Waals surface area contributed by atoms with Gasteiger partial charge in [-0.1, -0.05) is 18.2 Å². The fourth-order valence-electron chi connectivity index (χ4n) is 2.44. The topological polar surface area (TPSA) is 29.9 Å². The first-order valence-corrected chi connectivity index (χ1v) is 6.71. The van der Waals surface area contributed by atoms with E-state index in [0.29, 0.717) is 12.1 Å². The zero-order valence-corrected chi connectivity index (χ0v) is 11.6. The minimum Gasteiger partial charge on any atom is -0.329 e. The molecule has 0 bridgehead atoms. The van der Waals surface area contributed by atoms with Crippen molar-refractivity contribution in [3.8, 4) is 0 Å². The van der Waals surface area contributed by atoms with Crippen LogP contribution in [-0.2, 0) is 6.54 Å². The Morgan fingerprint density at radius 2 is 1.95 bits per heavy atom. The summed E-state index contributed by atoms with van der Waals surface area (Å²) in [5.41, 5.74) is 2.63. The van der Waals surface area contributed by atoms with Crippen LogP contribution in [0, 0.1) is 11.6 Å². The Bertz CT molecular complexity index is 767. The fourth-order valence-corrected chi connectivity index (χ4v) is 2.44. The van der Waals surface area contributed by atoms with E-state index < -0.39 is 11.6 Å². The molecule has 1 N–H and O–H groups in total. The molecule has 1 atom stereocenters. The zero-order valence-electron chi connectivity index (χ0n) is 11.6. The molecule has 1 unspecified atom stereocenters. The predicted octanol–water partition coefficient (Wildman–Crippen LogP) is 3.28. The lowest BCUT2D eigenvalue weighted by Crippen LogP contribution is -2.22. The van der Waals surface area contributed by atoms with Crippen LogP contribution in [-0.4, -0.2) is 16.6 Å². The number of rotatable bonds is 4. The molecule has 0 spiro atoms. The van der Waals surface area contributed by atoms with E-state index in [2.05, 4.69) is 10.3 Å². The lowest BCUT2D eigenvalue weighted by molar-refractivity contribution is 0.485. The molecule has 0 aliphatic heterocycles. The van der Waals surface area contributed by atoms with Gasteiger partial charge in [-0.2, -0.15) is 0 Å². The lowest BCUT2D eigenvalue weighted by Gasteiger charge is -2.18. The number of benzene rings is 2. The molecule has 5 heteroatoms. The smallest absolute Gasteiger partial charge is 0.159 e. The van der Waals surface area contributed by atoms with Gasteiger partial charge in [0, 0.05) is 6.54 Å². The maximum absolute atomic E-state index is 13.4. The highest BCUT2D eigenvalue weighted by molar-refractivity contribution is 5.74. The van der Waals surface area contributed by atoms with Crippen molar-refractivity contribution in [3.05, 3.63) is 66.0 Å². The number of nitrogens with one attached hydrogen (secondary N) is 1. The number of hydrogen-bond acceptors (Lipinski definition) is 2. The van der Waals surface area contributed by atoms with Gasteiger partial charge in [-0.05, 0) is 36.9 Å². The van der Waals surface area contributed by atoms with Crippen LogP contribution < -0.4 is 5.32 Å². The second kappa shape index (κ2) is 5.61. The van der Waals surface area contributed by atoms with Crippen LogP contribution in [0.4, 0.5) is 8.78 Å². The average molecular weight is 287 g/mol. The first-order valence-electron chi connectivity index (χ1n) is 6.71. The number of nitrogens with zero attached hydrogens (tertiary/aromatic N) is 2. The van der Waals surface area contributed by atoms with Gasteiger partial charge in [-0.15, -0.1) is 0 Å². The first kappa shape index (κ1) is 13.7. The van der Waals surface area contributed by atoms with Gasteiger partial charge in [0.2, 0.25) is 0 Å². The van der Waals surface area contributed by atoms with E-state index in [1.807, 2.05) is 28.8 Å². The fraction of sp³-hybridized carbons (Fsp3) is 0.188. The molecule has 108 valence electrons. The van der Waals surface area contributed by atoms with Crippen LogP contribution in [0.5, 0.6) is 0 Å². The van der Waals surface area contributed by atoms with E-state index >= 15 is 0 Å². The van der Waals surface area contributed by atoms with E-state index in [-0.39, 0.29) is 6.04 Å². The quantitative estimate of drug-likeness (QED) is 0.798. The monoisotopic (exact) mass is 287 g/mol. The van der Waals surface area contributed by atoms with Crippen LogP contribution in [0.1, 0.15) is 11.6 Å². The van der Waals surface area contributed by atoms with Gasteiger partial charge in [-0.3, -0.25) is 0 Å². The van der Waals surface area contributed by atoms with Crippen LogP contribution in [0.3, 0.4) is 0 Å². The Morgan fingerprint density at radius 1 is 1.14 bits per heavy atom. The SMILES string of the molecule is CNC(Cn1cnc2ccccc21)c1ccc(F)c(F)c1. The molecule has 0 saturated heterocycles. The molecule has 0 saturated carbocycles. The summed E-state index contributed by atoms with van der Waals surface area (Å²) >= 11 is 0. The number of imidazole rings is 1. The number of para-hydroxylation sites is 2. The maximum atomic E-state index is 13.4. The van der Waals surface area contributed by atoms with Crippen molar-refractivity contribution in [3.63, 3.8) is 0 Å². The molecule has 0 aliphatic carbocycles. The standard InChI is InChI=1S/C16H15F2N3/c1-19-15(11-6-7-12(17)13(18)8-11)9-21-10-20-14-4-2-3-5-16(14)21/h2-8,10,15,19H,9H2,1H3. The maximum Gasteiger partial charge on any atom is 0.159 e. The Morgan fingerprint density at radius 3 is 2.71 bits per heavy atom. The van der Waals surface area contributed by atoms with Crippen LogP contribution in [0.2, 0.25) is 0 Å². The normalized spacial score (nSPS) is 12.7. The number of aromatic nitrogens is 2. The summed E-state index contributed by atoms with van der Waals surface area (Å²) in [7, 11) is 1.80. The summed E-state index contributed by atoms with van der Waals surface area (Å²) < 4.78 is 28.4. The highest BCUT2D eigenvalue weighted by Gasteiger charge is 2.14. The van der Waals surface area contributed by atoms with Crippen molar-refractivity contribution in [2.24, 2.45) is 0 Å². The van der Waals surface area contributed by atoms with Crippen molar-refractivity contribution in [1.29, 1.82) is 0 Å². The van der Waals surface area contributed by atoms with E-state index in [1.165, 1.54) is 6.07 Å². The molecule has 3 aromatic rings. The summed E-state index contributed by atoms with van der Waals surface area (Å²) in [6.45, 7) is 0.585. The van der Waals surface area contributed by atoms with Gasteiger partial charge < -0.3 is 9.88 Å². The molecular weight excluding hydrogens is 272 g/mol.